The highest BCUT2D eigenvalue weighted by atomic mass is 16.5. The van der Waals surface area contributed by atoms with Crippen LogP contribution in [0.15, 0.2) is 24.3 Å². The fraction of sp³-hybridized carbons (Fsp3) is 0.571. The Bertz CT molecular complexity index is 299. The van der Waals surface area contributed by atoms with Crippen molar-refractivity contribution in [2.75, 3.05) is 13.7 Å². The smallest absolute Gasteiger partial charge is 0.123 e. The third kappa shape index (κ3) is 3.86. The molecular formula is C14H23NO. The van der Waals surface area contributed by atoms with Crippen LogP contribution in [0.5, 0.6) is 5.75 Å². The molecule has 0 aliphatic heterocycles. The molecular weight excluding hydrogens is 198 g/mol. The van der Waals surface area contributed by atoms with Crippen molar-refractivity contribution in [3.8, 4) is 5.75 Å². The van der Waals surface area contributed by atoms with Crippen molar-refractivity contribution in [2.24, 2.45) is 0 Å². The maximum atomic E-state index is 5.35. The quantitative estimate of drug-likeness (QED) is 0.711. The minimum atomic E-state index is 0.355. The zero-order valence-electron chi connectivity index (χ0n) is 10.6. The van der Waals surface area contributed by atoms with E-state index in [9.17, 15) is 0 Å². The van der Waals surface area contributed by atoms with E-state index in [-0.39, 0.29) is 0 Å². The van der Waals surface area contributed by atoms with Gasteiger partial charge in [0.15, 0.2) is 0 Å². The largest absolute Gasteiger partial charge is 0.496 e. The standard InChI is InChI=1S/C14H23NO/c1-4-5-8-11-15-12(2)13-9-6-7-10-14(13)16-3/h6-7,9-10,12,15H,4-5,8,11H2,1-3H3. The highest BCUT2D eigenvalue weighted by molar-refractivity contribution is 5.35. The van der Waals surface area contributed by atoms with Crippen LogP contribution in [0.2, 0.25) is 0 Å². The number of benzene rings is 1. The van der Waals surface area contributed by atoms with Crippen LogP contribution in [0.3, 0.4) is 0 Å². The molecule has 1 aromatic rings. The van der Waals surface area contributed by atoms with Gasteiger partial charge in [-0.05, 0) is 26.0 Å². The third-order valence-electron chi connectivity index (χ3n) is 2.84. The molecule has 2 nitrogen and oxygen atoms in total. The number of hydrogen-bond donors (Lipinski definition) is 1. The number of unbranched alkanes of at least 4 members (excludes halogenated alkanes) is 2. The molecule has 0 amide bonds. The van der Waals surface area contributed by atoms with Crippen molar-refractivity contribution in [1.82, 2.24) is 5.32 Å². The van der Waals surface area contributed by atoms with E-state index in [1.54, 1.807) is 7.11 Å². The summed E-state index contributed by atoms with van der Waals surface area (Å²) in [5, 5.41) is 3.53. The molecule has 90 valence electrons. The summed E-state index contributed by atoms with van der Waals surface area (Å²) in [6.45, 7) is 5.49. The molecule has 0 fully saturated rings. The van der Waals surface area contributed by atoms with Gasteiger partial charge in [0.1, 0.15) is 5.75 Å². The topological polar surface area (TPSA) is 21.3 Å². The summed E-state index contributed by atoms with van der Waals surface area (Å²) < 4.78 is 5.35. The minimum Gasteiger partial charge on any atom is -0.496 e. The Morgan fingerprint density at radius 2 is 2.00 bits per heavy atom. The van der Waals surface area contributed by atoms with Crippen LogP contribution in [0.4, 0.5) is 0 Å². The van der Waals surface area contributed by atoms with Gasteiger partial charge in [0.25, 0.3) is 0 Å². The number of ether oxygens (including phenoxy) is 1. The van der Waals surface area contributed by atoms with Crippen molar-refractivity contribution < 1.29 is 4.74 Å². The summed E-state index contributed by atoms with van der Waals surface area (Å²) in [6.07, 6.45) is 3.81. The molecule has 0 radical (unpaired) electrons. The second-order valence-corrected chi connectivity index (χ2v) is 4.12. The molecule has 1 aromatic carbocycles. The zero-order chi connectivity index (χ0) is 11.8. The van der Waals surface area contributed by atoms with Crippen LogP contribution in [-0.4, -0.2) is 13.7 Å². The summed E-state index contributed by atoms with van der Waals surface area (Å²) in [7, 11) is 1.72. The first-order valence-corrected chi connectivity index (χ1v) is 6.16. The molecule has 1 rings (SSSR count). The van der Waals surface area contributed by atoms with E-state index in [2.05, 4.69) is 31.3 Å². The number of rotatable bonds is 7. The highest BCUT2D eigenvalue weighted by Gasteiger charge is 2.09. The molecule has 1 unspecified atom stereocenters. The van der Waals surface area contributed by atoms with E-state index in [0.29, 0.717) is 6.04 Å². The van der Waals surface area contributed by atoms with E-state index in [0.717, 1.165) is 12.3 Å². The molecule has 0 aliphatic carbocycles. The molecule has 2 heteroatoms. The molecule has 0 spiro atoms. The first kappa shape index (κ1) is 13.0. The van der Waals surface area contributed by atoms with E-state index in [1.165, 1.54) is 24.8 Å². The van der Waals surface area contributed by atoms with Crippen LogP contribution in [0.25, 0.3) is 0 Å². The second-order valence-electron chi connectivity index (χ2n) is 4.12. The lowest BCUT2D eigenvalue weighted by Crippen LogP contribution is -2.20. The first-order chi connectivity index (χ1) is 7.79. The normalized spacial score (nSPS) is 12.4. The summed E-state index contributed by atoms with van der Waals surface area (Å²) in [5.74, 6) is 0.970. The minimum absolute atomic E-state index is 0.355. The summed E-state index contributed by atoms with van der Waals surface area (Å²) in [6, 6.07) is 8.55. The average Bonchev–Trinajstić information content (AvgIpc) is 2.34. The van der Waals surface area contributed by atoms with Gasteiger partial charge in [0.2, 0.25) is 0 Å². The maximum Gasteiger partial charge on any atom is 0.123 e. The molecule has 0 heterocycles. The van der Waals surface area contributed by atoms with Gasteiger partial charge in [-0.3, -0.25) is 0 Å². The van der Waals surface area contributed by atoms with Gasteiger partial charge in [-0.15, -0.1) is 0 Å². The van der Waals surface area contributed by atoms with Crippen molar-refractivity contribution in [1.29, 1.82) is 0 Å². The Hall–Kier alpha value is -1.02. The fourth-order valence-electron chi connectivity index (χ4n) is 1.83. The Balaban J connectivity index is 2.48. The SMILES string of the molecule is CCCCCNC(C)c1ccccc1OC. The third-order valence-corrected chi connectivity index (χ3v) is 2.84. The van der Waals surface area contributed by atoms with E-state index in [1.807, 2.05) is 12.1 Å². The molecule has 0 aliphatic rings. The Kier molecular flexibility index (Phi) is 5.94. The molecule has 0 aromatic heterocycles. The predicted molar refractivity (Wildman–Crippen MR) is 68.9 cm³/mol. The first-order valence-electron chi connectivity index (χ1n) is 6.16. The van der Waals surface area contributed by atoms with Crippen molar-refractivity contribution in [3.05, 3.63) is 29.8 Å². The molecule has 1 atom stereocenters. The molecule has 0 saturated heterocycles. The zero-order valence-corrected chi connectivity index (χ0v) is 10.6. The van der Waals surface area contributed by atoms with Gasteiger partial charge in [-0.2, -0.15) is 0 Å². The second kappa shape index (κ2) is 7.29. The van der Waals surface area contributed by atoms with Crippen LogP contribution in [-0.2, 0) is 0 Å². The Labute approximate surface area is 99.0 Å². The van der Waals surface area contributed by atoms with Gasteiger partial charge >= 0.3 is 0 Å². The summed E-state index contributed by atoms with van der Waals surface area (Å²) >= 11 is 0. The number of hydrogen-bond acceptors (Lipinski definition) is 2. The highest BCUT2D eigenvalue weighted by Crippen LogP contribution is 2.24. The van der Waals surface area contributed by atoms with E-state index in [4.69, 9.17) is 4.74 Å². The van der Waals surface area contributed by atoms with Crippen molar-refractivity contribution in [3.63, 3.8) is 0 Å². The summed E-state index contributed by atoms with van der Waals surface area (Å²) in [5.41, 5.74) is 1.24. The van der Waals surface area contributed by atoms with Gasteiger partial charge < -0.3 is 10.1 Å². The van der Waals surface area contributed by atoms with E-state index < -0.39 is 0 Å². The van der Waals surface area contributed by atoms with Crippen LogP contribution in [0.1, 0.15) is 44.7 Å². The molecule has 16 heavy (non-hydrogen) atoms. The summed E-state index contributed by atoms with van der Waals surface area (Å²) in [4.78, 5) is 0. The number of methoxy groups -OCH3 is 1. The lowest BCUT2D eigenvalue weighted by atomic mass is 10.1. The maximum absolute atomic E-state index is 5.35. The lowest BCUT2D eigenvalue weighted by Gasteiger charge is -2.17. The van der Waals surface area contributed by atoms with E-state index >= 15 is 0 Å². The molecule has 0 bridgehead atoms. The van der Waals surface area contributed by atoms with Crippen LogP contribution >= 0.6 is 0 Å². The van der Waals surface area contributed by atoms with Gasteiger partial charge in [-0.25, -0.2) is 0 Å². The van der Waals surface area contributed by atoms with Gasteiger partial charge in [-0.1, -0.05) is 38.0 Å². The van der Waals surface area contributed by atoms with Gasteiger partial charge in [0.05, 0.1) is 7.11 Å². The fourth-order valence-corrected chi connectivity index (χ4v) is 1.83. The average molecular weight is 221 g/mol. The molecule has 0 saturated carbocycles. The van der Waals surface area contributed by atoms with Crippen molar-refractivity contribution >= 4 is 0 Å². The number of para-hydroxylation sites is 1. The monoisotopic (exact) mass is 221 g/mol. The van der Waals surface area contributed by atoms with Crippen molar-refractivity contribution in [2.45, 2.75) is 39.2 Å². The Morgan fingerprint density at radius 1 is 1.25 bits per heavy atom. The number of nitrogens with one attached hydrogen (secondary N) is 1. The van der Waals surface area contributed by atoms with Gasteiger partial charge in [0, 0.05) is 11.6 Å². The predicted octanol–water partition coefficient (Wildman–Crippen LogP) is 3.54. The Morgan fingerprint density at radius 3 is 2.69 bits per heavy atom. The van der Waals surface area contributed by atoms with Crippen LogP contribution in [0, 0.1) is 0 Å². The molecule has 1 N–H and O–H groups in total. The lowest BCUT2D eigenvalue weighted by molar-refractivity contribution is 0.401. The van der Waals surface area contributed by atoms with Crippen LogP contribution < -0.4 is 10.1 Å².